The number of anilines is 1. The van der Waals surface area contributed by atoms with Crippen molar-refractivity contribution >= 4 is 34.8 Å². The summed E-state index contributed by atoms with van der Waals surface area (Å²) in [5.74, 6) is 0.136. The van der Waals surface area contributed by atoms with Crippen molar-refractivity contribution in [2.75, 3.05) is 11.9 Å². The normalized spacial score (nSPS) is 22.9. The molecule has 2 aromatic rings. The van der Waals surface area contributed by atoms with Crippen LogP contribution in [0.5, 0.6) is 0 Å². The van der Waals surface area contributed by atoms with E-state index >= 15 is 0 Å². The zero-order valence-electron chi connectivity index (χ0n) is 15.9. The Kier molecular flexibility index (Phi) is 4.41. The summed E-state index contributed by atoms with van der Waals surface area (Å²) < 4.78 is 0. The first kappa shape index (κ1) is 18.1. The highest BCUT2D eigenvalue weighted by molar-refractivity contribution is 8.04. The minimum Gasteiger partial charge on any atom is -0.347 e. The summed E-state index contributed by atoms with van der Waals surface area (Å²) in [5, 5.41) is 0.800. The number of rotatable bonds is 1. The van der Waals surface area contributed by atoms with Gasteiger partial charge in [0.25, 0.3) is 0 Å². The fraction of sp³-hybridized carbons (Fsp3) is 0.292. The van der Waals surface area contributed by atoms with Crippen molar-refractivity contribution in [3.63, 3.8) is 0 Å². The lowest BCUT2D eigenvalue weighted by molar-refractivity contribution is 0.104. The highest BCUT2D eigenvalue weighted by Crippen LogP contribution is 2.55. The molecule has 1 saturated carbocycles. The number of carbonyl (C=O) groups excluding carboxylic acids is 1. The third-order valence-electron chi connectivity index (χ3n) is 6.36. The van der Waals surface area contributed by atoms with Crippen molar-refractivity contribution in [3.8, 4) is 0 Å². The minimum atomic E-state index is 0.0173. The minimum absolute atomic E-state index is 0.0173. The fourth-order valence-corrected chi connectivity index (χ4v) is 6.20. The maximum atomic E-state index is 12.8. The van der Waals surface area contributed by atoms with Gasteiger partial charge in [0, 0.05) is 39.3 Å². The monoisotopic (exact) mass is 407 g/mol. The molecule has 1 aliphatic carbocycles. The van der Waals surface area contributed by atoms with Crippen molar-refractivity contribution in [2.24, 2.45) is 0 Å². The Labute approximate surface area is 175 Å². The molecule has 1 fully saturated rings. The van der Waals surface area contributed by atoms with Crippen molar-refractivity contribution < 1.29 is 4.79 Å². The Morgan fingerprint density at radius 2 is 1.86 bits per heavy atom. The van der Waals surface area contributed by atoms with E-state index in [0.29, 0.717) is 0 Å². The van der Waals surface area contributed by atoms with Gasteiger partial charge in [-0.25, -0.2) is 0 Å². The lowest BCUT2D eigenvalue weighted by atomic mass is 9.68. The molecular weight excluding hydrogens is 386 g/mol. The number of allylic oxidation sites excluding steroid dienone is 4. The molecule has 28 heavy (non-hydrogen) atoms. The second kappa shape index (κ2) is 6.82. The molecule has 2 nitrogen and oxygen atoms in total. The molecule has 0 aromatic heterocycles. The second-order valence-electron chi connectivity index (χ2n) is 7.87. The summed E-state index contributed by atoms with van der Waals surface area (Å²) in [6.07, 6.45) is 10.2. The third-order valence-corrected chi connectivity index (χ3v) is 7.71. The van der Waals surface area contributed by atoms with Gasteiger partial charge in [-0.3, -0.25) is 4.79 Å². The smallest absolute Gasteiger partial charge is 0.200 e. The van der Waals surface area contributed by atoms with Crippen LogP contribution in [0.1, 0.15) is 48.0 Å². The molecule has 0 unspecified atom stereocenters. The summed E-state index contributed by atoms with van der Waals surface area (Å²) in [6.45, 7) is 0. The molecular formula is C24H22ClNOS. The van der Waals surface area contributed by atoms with Gasteiger partial charge in [-0.15, -0.1) is 0 Å². The van der Waals surface area contributed by atoms with Crippen molar-refractivity contribution in [1.82, 2.24) is 0 Å². The second-order valence-corrected chi connectivity index (χ2v) is 9.39. The highest BCUT2D eigenvalue weighted by atomic mass is 35.5. The van der Waals surface area contributed by atoms with E-state index < -0.39 is 0 Å². The van der Waals surface area contributed by atoms with E-state index in [1.54, 1.807) is 11.8 Å². The lowest BCUT2D eigenvalue weighted by Gasteiger charge is -2.36. The average Bonchev–Trinajstić information content (AvgIpc) is 3.14. The van der Waals surface area contributed by atoms with Gasteiger partial charge in [-0.05, 0) is 60.9 Å². The summed E-state index contributed by atoms with van der Waals surface area (Å²) in [4.78, 5) is 16.9. The molecule has 0 atom stereocenters. The van der Waals surface area contributed by atoms with Crippen LogP contribution in [0, 0.1) is 0 Å². The Morgan fingerprint density at radius 1 is 1.07 bits per heavy atom. The lowest BCUT2D eigenvalue weighted by Crippen LogP contribution is -2.31. The van der Waals surface area contributed by atoms with Crippen LogP contribution >= 0.6 is 23.4 Å². The number of hydrogen-bond acceptors (Lipinski definition) is 3. The molecule has 4 heteroatoms. The Balaban J connectivity index is 1.58. The van der Waals surface area contributed by atoms with Gasteiger partial charge in [-0.2, -0.15) is 0 Å². The number of halogens is 1. The predicted molar refractivity (Wildman–Crippen MR) is 117 cm³/mol. The van der Waals surface area contributed by atoms with E-state index in [0.717, 1.165) is 33.2 Å². The third kappa shape index (κ3) is 2.67. The van der Waals surface area contributed by atoms with E-state index in [4.69, 9.17) is 11.6 Å². The first-order chi connectivity index (χ1) is 13.6. The van der Waals surface area contributed by atoms with Crippen LogP contribution in [-0.4, -0.2) is 12.8 Å². The number of carbonyl (C=O) groups is 1. The van der Waals surface area contributed by atoms with E-state index in [-0.39, 0.29) is 11.2 Å². The van der Waals surface area contributed by atoms with Crippen molar-refractivity contribution in [1.29, 1.82) is 0 Å². The fourth-order valence-electron chi connectivity index (χ4n) is 5.03. The number of hydrogen-bond donors (Lipinski definition) is 0. The molecule has 0 saturated heterocycles. The van der Waals surface area contributed by atoms with E-state index in [1.165, 1.54) is 36.2 Å². The largest absolute Gasteiger partial charge is 0.347 e. The summed E-state index contributed by atoms with van der Waals surface area (Å²) in [6, 6.07) is 14.1. The van der Waals surface area contributed by atoms with Crippen LogP contribution in [-0.2, 0) is 5.41 Å². The summed E-state index contributed by atoms with van der Waals surface area (Å²) >= 11 is 7.95. The molecule has 3 aliphatic rings. The number of thioether (sulfide) groups is 1. The predicted octanol–water partition coefficient (Wildman–Crippen LogP) is 6.75. The summed E-state index contributed by atoms with van der Waals surface area (Å²) in [5.41, 5.74) is 4.72. The molecule has 0 bridgehead atoms. The molecule has 0 amide bonds. The van der Waals surface area contributed by atoms with Gasteiger partial charge >= 0.3 is 0 Å². The van der Waals surface area contributed by atoms with Gasteiger partial charge in [0.05, 0.1) is 4.91 Å². The van der Waals surface area contributed by atoms with Gasteiger partial charge < -0.3 is 4.90 Å². The summed E-state index contributed by atoms with van der Waals surface area (Å²) in [7, 11) is 2.14. The Bertz CT molecular complexity index is 1030. The first-order valence-electron chi connectivity index (χ1n) is 9.88. The number of Topliss-reactive ketones (excluding diaryl/α,β-unsaturated/α-hetero) is 1. The molecule has 2 aliphatic heterocycles. The molecule has 2 aromatic carbocycles. The molecule has 0 N–H and O–H groups in total. The molecule has 142 valence electrons. The number of nitrogens with zero attached hydrogens (tertiary/aromatic N) is 1. The van der Waals surface area contributed by atoms with E-state index in [2.05, 4.69) is 30.2 Å². The highest BCUT2D eigenvalue weighted by Gasteiger charge is 2.46. The Hall–Kier alpha value is -1.97. The average molecular weight is 408 g/mol. The van der Waals surface area contributed by atoms with Crippen LogP contribution in [0.3, 0.4) is 0 Å². The molecule has 2 heterocycles. The van der Waals surface area contributed by atoms with Crippen LogP contribution < -0.4 is 4.90 Å². The van der Waals surface area contributed by atoms with Crippen LogP contribution in [0.15, 0.2) is 70.1 Å². The van der Waals surface area contributed by atoms with Crippen molar-refractivity contribution in [2.45, 2.75) is 42.4 Å². The van der Waals surface area contributed by atoms with Crippen molar-refractivity contribution in [3.05, 3.63) is 81.4 Å². The van der Waals surface area contributed by atoms with Gasteiger partial charge in [0.15, 0.2) is 0 Å². The molecule has 0 radical (unpaired) electrons. The topological polar surface area (TPSA) is 20.3 Å². The quantitative estimate of drug-likeness (QED) is 0.487. The maximum absolute atomic E-state index is 12.8. The zero-order chi connectivity index (χ0) is 19.3. The number of likely N-dealkylation sites (N-methyl/N-ethyl adjacent to an activating group) is 1. The molecule has 1 spiro atoms. The van der Waals surface area contributed by atoms with Gasteiger partial charge in [-0.1, -0.05) is 54.8 Å². The first-order valence-corrected chi connectivity index (χ1v) is 11.1. The maximum Gasteiger partial charge on any atom is 0.200 e. The number of fused-ring (bicyclic) bond motifs is 3. The zero-order valence-corrected chi connectivity index (χ0v) is 17.4. The van der Waals surface area contributed by atoms with Gasteiger partial charge in [0.2, 0.25) is 5.78 Å². The van der Waals surface area contributed by atoms with E-state index in [9.17, 15) is 4.79 Å². The number of ketones is 1. The molecule has 5 rings (SSSR count). The van der Waals surface area contributed by atoms with Crippen LogP contribution in [0.25, 0.3) is 0 Å². The standard InChI is InChI=1S/C24H22ClNOS/c1-26-19-10-9-16(25)15-18(19)24(13-5-2-6-14-24)22(26)12-11-21-23(27)17-7-3-4-8-20(17)28-21/h3-4,7-12,15H,2,5-6,13-14H2,1H3/b21-11+,22-12+. The van der Waals surface area contributed by atoms with Crippen LogP contribution in [0.2, 0.25) is 5.02 Å². The van der Waals surface area contributed by atoms with E-state index in [1.807, 2.05) is 36.4 Å². The van der Waals surface area contributed by atoms with Crippen LogP contribution in [0.4, 0.5) is 5.69 Å². The van der Waals surface area contributed by atoms with Gasteiger partial charge in [0.1, 0.15) is 0 Å². The number of benzene rings is 2. The SMILES string of the molecule is CN1/C(=C/C=C2/Sc3ccccc3C2=O)C2(CCCCC2)c2cc(Cl)ccc21. The Morgan fingerprint density at radius 3 is 2.64 bits per heavy atom.